The van der Waals surface area contributed by atoms with E-state index in [9.17, 15) is 10.2 Å². The van der Waals surface area contributed by atoms with Crippen LogP contribution in [-0.4, -0.2) is 10.2 Å². The summed E-state index contributed by atoms with van der Waals surface area (Å²) in [7, 11) is 0. The molecule has 1 aromatic rings. The highest BCUT2D eigenvalue weighted by atomic mass is 19.1. The predicted octanol–water partition coefficient (Wildman–Crippen LogP) is 9.95. The van der Waals surface area contributed by atoms with Crippen LogP contribution in [0.4, 0.5) is 4.39 Å². The van der Waals surface area contributed by atoms with Gasteiger partial charge in [-0.15, -0.1) is 0 Å². The van der Waals surface area contributed by atoms with Gasteiger partial charge in [-0.05, 0) is 49.7 Å². The van der Waals surface area contributed by atoms with E-state index in [2.05, 4.69) is 20.8 Å². The third-order valence-corrected chi connectivity index (χ3v) is 7.05. The van der Waals surface area contributed by atoms with Crippen LogP contribution in [0.25, 0.3) is 0 Å². The molecule has 0 amide bonds. The van der Waals surface area contributed by atoms with E-state index in [1.807, 2.05) is 0 Å². The van der Waals surface area contributed by atoms with Gasteiger partial charge >= 0.3 is 0 Å². The van der Waals surface area contributed by atoms with Crippen molar-refractivity contribution in [3.8, 4) is 11.5 Å². The molecule has 0 saturated heterocycles. The van der Waals surface area contributed by atoms with Gasteiger partial charge in [0.15, 0.2) is 17.3 Å². The normalized spacial score (nSPS) is 11.4. The third kappa shape index (κ3) is 11.6. The Morgan fingerprint density at radius 1 is 0.424 bits per heavy atom. The van der Waals surface area contributed by atoms with E-state index in [1.165, 1.54) is 77.0 Å². The largest absolute Gasteiger partial charge is 0.504 e. The maximum absolute atomic E-state index is 15.1. The number of benzene rings is 1. The Morgan fingerprint density at radius 3 is 1.18 bits per heavy atom. The lowest BCUT2D eigenvalue weighted by molar-refractivity contribution is 0.370. The van der Waals surface area contributed by atoms with Crippen molar-refractivity contribution in [2.24, 2.45) is 0 Å². The summed E-state index contributed by atoms with van der Waals surface area (Å²) in [5, 5.41) is 21.1. The van der Waals surface area contributed by atoms with Crippen molar-refractivity contribution in [1.29, 1.82) is 0 Å². The molecule has 3 heteroatoms. The molecule has 0 aliphatic heterocycles. The van der Waals surface area contributed by atoms with Crippen LogP contribution in [0.15, 0.2) is 0 Å². The first-order chi connectivity index (χ1) is 16.1. The van der Waals surface area contributed by atoms with Gasteiger partial charge in [-0.25, -0.2) is 4.39 Å². The lowest BCUT2D eigenvalue weighted by Gasteiger charge is -2.19. The first-order valence-electron chi connectivity index (χ1n) is 14.3. The highest BCUT2D eigenvalue weighted by molar-refractivity contribution is 5.54. The van der Waals surface area contributed by atoms with Gasteiger partial charge in [0.25, 0.3) is 0 Å². The molecule has 2 N–H and O–H groups in total. The minimum atomic E-state index is -0.575. The summed E-state index contributed by atoms with van der Waals surface area (Å²) >= 11 is 0. The second kappa shape index (κ2) is 19.1. The molecule has 1 rings (SSSR count). The Kier molecular flexibility index (Phi) is 17.2. The Hall–Kier alpha value is -1.25. The Labute approximate surface area is 204 Å². The van der Waals surface area contributed by atoms with Crippen LogP contribution in [0.2, 0.25) is 0 Å². The van der Waals surface area contributed by atoms with Crippen LogP contribution in [0.5, 0.6) is 11.5 Å². The second-order valence-electron chi connectivity index (χ2n) is 10.0. The number of aromatic hydroxyl groups is 2. The minimum absolute atomic E-state index is 0.200. The monoisotopic (exact) mass is 464 g/mol. The first-order valence-corrected chi connectivity index (χ1v) is 14.3. The Morgan fingerprint density at radius 2 is 0.758 bits per heavy atom. The average Bonchev–Trinajstić information content (AvgIpc) is 2.82. The van der Waals surface area contributed by atoms with Gasteiger partial charge in [0.2, 0.25) is 0 Å². The van der Waals surface area contributed by atoms with Crippen LogP contribution >= 0.6 is 0 Å². The van der Waals surface area contributed by atoms with Crippen LogP contribution in [0, 0.1) is 5.82 Å². The minimum Gasteiger partial charge on any atom is -0.504 e. The van der Waals surface area contributed by atoms with Crippen LogP contribution in [-0.2, 0) is 19.3 Å². The van der Waals surface area contributed by atoms with E-state index in [0.29, 0.717) is 12.0 Å². The first kappa shape index (κ1) is 29.8. The standard InChI is InChI=1S/C30H53FO2/c1-4-7-10-13-16-19-22-25-26(23-20-17-14-11-8-5-2)28(31)30(33)29(32)27(25)24-21-18-15-12-9-6-3/h32-33H,4-24H2,1-3H3. The van der Waals surface area contributed by atoms with Gasteiger partial charge in [-0.3, -0.25) is 0 Å². The molecule has 0 unspecified atom stereocenters. The van der Waals surface area contributed by atoms with Crippen molar-refractivity contribution in [3.05, 3.63) is 22.5 Å². The van der Waals surface area contributed by atoms with E-state index in [0.717, 1.165) is 62.5 Å². The molecule has 0 aliphatic rings. The van der Waals surface area contributed by atoms with Gasteiger partial charge in [0.05, 0.1) is 0 Å². The zero-order chi connectivity index (χ0) is 24.3. The Balaban J connectivity index is 2.90. The lowest BCUT2D eigenvalue weighted by atomic mass is 9.88. The maximum atomic E-state index is 15.1. The summed E-state index contributed by atoms with van der Waals surface area (Å²) < 4.78 is 15.1. The van der Waals surface area contributed by atoms with Gasteiger partial charge in [0, 0.05) is 5.56 Å². The molecule has 0 saturated carbocycles. The molecule has 0 fully saturated rings. The molecule has 0 atom stereocenters. The smallest absolute Gasteiger partial charge is 0.194 e. The SMILES string of the molecule is CCCCCCCCc1c(O)c(O)c(F)c(CCCCCCCC)c1CCCCCCCC. The van der Waals surface area contributed by atoms with Crippen molar-refractivity contribution >= 4 is 0 Å². The van der Waals surface area contributed by atoms with Crippen molar-refractivity contribution in [2.75, 3.05) is 0 Å². The van der Waals surface area contributed by atoms with Gasteiger partial charge in [-0.2, -0.15) is 0 Å². The molecular formula is C30H53FO2. The molecule has 1 aromatic carbocycles. The van der Waals surface area contributed by atoms with Gasteiger partial charge < -0.3 is 10.2 Å². The maximum Gasteiger partial charge on any atom is 0.194 e. The quantitative estimate of drug-likeness (QED) is 0.140. The summed E-state index contributed by atoms with van der Waals surface area (Å²) in [6, 6.07) is 0. The number of phenolic OH excluding ortho intramolecular Hbond substituents is 2. The number of phenols is 2. The number of hydrogen-bond donors (Lipinski definition) is 2. The van der Waals surface area contributed by atoms with E-state index < -0.39 is 11.6 Å². The zero-order valence-corrected chi connectivity index (χ0v) is 22.1. The summed E-state index contributed by atoms with van der Waals surface area (Å²) in [6.45, 7) is 6.67. The van der Waals surface area contributed by atoms with E-state index in [1.54, 1.807) is 0 Å². The topological polar surface area (TPSA) is 40.5 Å². The zero-order valence-electron chi connectivity index (χ0n) is 22.1. The molecule has 2 nitrogen and oxygen atoms in total. The fourth-order valence-corrected chi connectivity index (χ4v) is 4.93. The van der Waals surface area contributed by atoms with E-state index >= 15 is 4.39 Å². The Bertz CT molecular complexity index is 583. The summed E-state index contributed by atoms with van der Waals surface area (Å²) in [5.74, 6) is -1.30. The average molecular weight is 465 g/mol. The molecule has 33 heavy (non-hydrogen) atoms. The van der Waals surface area contributed by atoms with Crippen LogP contribution in [0.1, 0.15) is 153 Å². The number of rotatable bonds is 21. The second-order valence-corrected chi connectivity index (χ2v) is 10.0. The highest BCUT2D eigenvalue weighted by Crippen LogP contribution is 2.40. The third-order valence-electron chi connectivity index (χ3n) is 7.05. The van der Waals surface area contributed by atoms with Gasteiger partial charge in [-0.1, -0.05) is 117 Å². The summed E-state index contributed by atoms with van der Waals surface area (Å²) in [6.07, 6.45) is 23.5. The fraction of sp³-hybridized carbons (Fsp3) is 0.800. The molecule has 0 aromatic heterocycles. The molecule has 192 valence electrons. The molecule has 0 spiro atoms. The van der Waals surface area contributed by atoms with Crippen molar-refractivity contribution < 1.29 is 14.6 Å². The van der Waals surface area contributed by atoms with Crippen molar-refractivity contribution in [3.63, 3.8) is 0 Å². The van der Waals surface area contributed by atoms with E-state index in [-0.39, 0.29) is 5.75 Å². The molecule has 0 bridgehead atoms. The van der Waals surface area contributed by atoms with Crippen molar-refractivity contribution in [2.45, 2.75) is 156 Å². The lowest BCUT2D eigenvalue weighted by Crippen LogP contribution is -2.06. The summed E-state index contributed by atoms with van der Waals surface area (Å²) in [5.41, 5.74) is 2.50. The highest BCUT2D eigenvalue weighted by Gasteiger charge is 2.23. The number of unbranched alkanes of at least 4 members (excludes halogenated alkanes) is 15. The number of hydrogen-bond acceptors (Lipinski definition) is 2. The molecular weight excluding hydrogens is 411 g/mol. The van der Waals surface area contributed by atoms with Crippen molar-refractivity contribution in [1.82, 2.24) is 0 Å². The molecule has 0 heterocycles. The predicted molar refractivity (Wildman–Crippen MR) is 141 cm³/mol. The fourth-order valence-electron chi connectivity index (χ4n) is 4.93. The summed E-state index contributed by atoms with van der Waals surface area (Å²) in [4.78, 5) is 0. The number of halogens is 1. The van der Waals surface area contributed by atoms with Gasteiger partial charge in [0.1, 0.15) is 0 Å². The molecule has 0 aliphatic carbocycles. The van der Waals surface area contributed by atoms with Crippen LogP contribution < -0.4 is 0 Å². The molecule has 0 radical (unpaired) electrons. The van der Waals surface area contributed by atoms with E-state index in [4.69, 9.17) is 0 Å². The van der Waals surface area contributed by atoms with Crippen LogP contribution in [0.3, 0.4) is 0 Å².